The summed E-state index contributed by atoms with van der Waals surface area (Å²) in [7, 11) is -3.78. The van der Waals surface area contributed by atoms with Gasteiger partial charge in [0.25, 0.3) is 15.9 Å². The number of piperidine rings is 1. The molecule has 1 amide bonds. The Labute approximate surface area is 167 Å². The minimum atomic E-state index is -3.78. The lowest BCUT2D eigenvalue weighted by atomic mass is 9.87. The van der Waals surface area contributed by atoms with Crippen LogP contribution in [-0.4, -0.2) is 32.3 Å². The van der Waals surface area contributed by atoms with Crippen molar-refractivity contribution in [1.29, 1.82) is 0 Å². The van der Waals surface area contributed by atoms with Crippen molar-refractivity contribution in [2.24, 2.45) is 0 Å². The lowest BCUT2D eigenvalue weighted by Crippen LogP contribution is -2.36. The van der Waals surface area contributed by atoms with E-state index in [0.717, 1.165) is 24.8 Å². The molecule has 0 radical (unpaired) electrons. The van der Waals surface area contributed by atoms with Crippen LogP contribution in [0.3, 0.4) is 0 Å². The third kappa shape index (κ3) is 4.55. The third-order valence-electron chi connectivity index (χ3n) is 5.08. The predicted molar refractivity (Wildman–Crippen MR) is 112 cm³/mol. The Bertz CT molecular complexity index is 938. The smallest absolute Gasteiger partial charge is 0.261 e. The number of amides is 1. The normalized spacial score (nSPS) is 15.3. The highest BCUT2D eigenvalue weighted by atomic mass is 32.2. The molecule has 6 heteroatoms. The van der Waals surface area contributed by atoms with Crippen LogP contribution in [0, 0.1) is 0 Å². The van der Waals surface area contributed by atoms with Gasteiger partial charge in [0.1, 0.15) is 0 Å². The Morgan fingerprint density at radius 2 is 1.54 bits per heavy atom. The van der Waals surface area contributed by atoms with Crippen LogP contribution in [0.25, 0.3) is 0 Å². The molecule has 28 heavy (non-hydrogen) atoms. The van der Waals surface area contributed by atoms with Crippen LogP contribution in [0.1, 0.15) is 56.0 Å². The molecule has 0 aromatic heterocycles. The first-order valence-electron chi connectivity index (χ1n) is 9.70. The van der Waals surface area contributed by atoms with Crippen molar-refractivity contribution in [3.63, 3.8) is 0 Å². The number of carbonyl (C=O) groups excluding carboxylic acids is 1. The zero-order valence-corrected chi connectivity index (χ0v) is 17.6. The minimum Gasteiger partial charge on any atom is -0.339 e. The Hall–Kier alpha value is -2.34. The Morgan fingerprint density at radius 3 is 2.14 bits per heavy atom. The number of sulfonamides is 1. The second kappa shape index (κ2) is 7.95. The number of carbonyl (C=O) groups is 1. The van der Waals surface area contributed by atoms with E-state index in [1.807, 2.05) is 12.1 Å². The lowest BCUT2D eigenvalue weighted by molar-refractivity contribution is 0.0725. The summed E-state index contributed by atoms with van der Waals surface area (Å²) in [5.74, 6) is -0.124. The van der Waals surface area contributed by atoms with Gasteiger partial charge in [0, 0.05) is 13.1 Å². The maximum absolute atomic E-state index is 12.9. The summed E-state index contributed by atoms with van der Waals surface area (Å²) in [4.78, 5) is 14.9. The molecule has 150 valence electrons. The molecule has 0 saturated carbocycles. The number of hydrogen-bond acceptors (Lipinski definition) is 3. The maximum Gasteiger partial charge on any atom is 0.261 e. The summed E-state index contributed by atoms with van der Waals surface area (Å²) in [6.45, 7) is 7.67. The lowest BCUT2D eigenvalue weighted by Gasteiger charge is -2.27. The van der Waals surface area contributed by atoms with Crippen molar-refractivity contribution in [3.05, 3.63) is 59.7 Å². The van der Waals surface area contributed by atoms with E-state index in [2.05, 4.69) is 25.5 Å². The number of likely N-dealkylation sites (tertiary alicyclic amines) is 1. The second-order valence-electron chi connectivity index (χ2n) is 8.28. The molecular weight excluding hydrogens is 372 g/mol. The average molecular weight is 401 g/mol. The fourth-order valence-electron chi connectivity index (χ4n) is 3.36. The SMILES string of the molecule is CC(C)(C)c1ccc(S(=O)(=O)Nc2ccccc2C(=O)N2CCCCC2)cc1. The van der Waals surface area contributed by atoms with E-state index >= 15 is 0 Å². The van der Waals surface area contributed by atoms with E-state index in [-0.39, 0.29) is 16.2 Å². The molecule has 1 aliphatic heterocycles. The van der Waals surface area contributed by atoms with Crippen LogP contribution >= 0.6 is 0 Å². The molecule has 2 aromatic carbocycles. The van der Waals surface area contributed by atoms with Crippen LogP contribution < -0.4 is 4.72 Å². The van der Waals surface area contributed by atoms with Crippen LogP contribution in [-0.2, 0) is 15.4 Å². The highest BCUT2D eigenvalue weighted by molar-refractivity contribution is 7.92. The standard InChI is InChI=1S/C22H28N2O3S/c1-22(2,3)17-11-13-18(14-12-17)28(26,27)23-20-10-6-5-9-19(20)21(25)24-15-7-4-8-16-24/h5-6,9-14,23H,4,7-8,15-16H2,1-3H3. The van der Waals surface area contributed by atoms with Crippen LogP contribution in [0.5, 0.6) is 0 Å². The molecule has 1 saturated heterocycles. The van der Waals surface area contributed by atoms with Crippen molar-refractivity contribution in [2.75, 3.05) is 17.8 Å². The summed E-state index contributed by atoms with van der Waals surface area (Å²) in [5, 5.41) is 0. The van der Waals surface area contributed by atoms with E-state index < -0.39 is 10.0 Å². The summed E-state index contributed by atoms with van der Waals surface area (Å²) >= 11 is 0. The molecule has 0 unspecified atom stereocenters. The first kappa shape index (κ1) is 20.4. The van der Waals surface area contributed by atoms with Crippen LogP contribution in [0.2, 0.25) is 0 Å². The maximum atomic E-state index is 12.9. The first-order valence-corrected chi connectivity index (χ1v) is 11.2. The highest BCUT2D eigenvalue weighted by Gasteiger charge is 2.23. The van der Waals surface area contributed by atoms with Gasteiger partial charge in [0.15, 0.2) is 0 Å². The van der Waals surface area contributed by atoms with Gasteiger partial charge in [-0.1, -0.05) is 45.0 Å². The molecule has 1 heterocycles. The Morgan fingerprint density at radius 1 is 0.929 bits per heavy atom. The van der Waals surface area contributed by atoms with Crippen molar-refractivity contribution in [2.45, 2.75) is 50.3 Å². The minimum absolute atomic E-state index is 0.0524. The summed E-state index contributed by atoms with van der Waals surface area (Å²) in [6.07, 6.45) is 3.10. The van der Waals surface area contributed by atoms with Crippen LogP contribution in [0.4, 0.5) is 5.69 Å². The number of anilines is 1. The molecule has 1 aliphatic rings. The van der Waals surface area contributed by atoms with Gasteiger partial charge in [-0.3, -0.25) is 9.52 Å². The Balaban J connectivity index is 1.85. The van der Waals surface area contributed by atoms with Crippen molar-refractivity contribution in [3.8, 4) is 0 Å². The highest BCUT2D eigenvalue weighted by Crippen LogP contribution is 2.26. The monoisotopic (exact) mass is 400 g/mol. The molecule has 3 rings (SSSR count). The van der Waals surface area contributed by atoms with Gasteiger partial charge in [-0.15, -0.1) is 0 Å². The van der Waals surface area contributed by atoms with E-state index in [4.69, 9.17) is 0 Å². The molecule has 1 N–H and O–H groups in total. The fraction of sp³-hybridized carbons (Fsp3) is 0.409. The molecule has 5 nitrogen and oxygen atoms in total. The molecule has 0 atom stereocenters. The number of para-hydroxylation sites is 1. The van der Waals surface area contributed by atoms with Gasteiger partial charge >= 0.3 is 0 Å². The number of benzene rings is 2. The quantitative estimate of drug-likeness (QED) is 0.827. The predicted octanol–water partition coefficient (Wildman–Crippen LogP) is 4.41. The topological polar surface area (TPSA) is 66.5 Å². The summed E-state index contributed by atoms with van der Waals surface area (Å²) in [6, 6.07) is 13.7. The van der Waals surface area contributed by atoms with Crippen molar-refractivity contribution in [1.82, 2.24) is 4.90 Å². The summed E-state index contributed by atoms with van der Waals surface area (Å²) in [5.41, 5.74) is 1.72. The molecular formula is C22H28N2O3S. The van der Waals surface area contributed by atoms with Gasteiger partial charge in [-0.2, -0.15) is 0 Å². The first-order chi connectivity index (χ1) is 13.2. The van der Waals surface area contributed by atoms with E-state index in [0.29, 0.717) is 24.3 Å². The van der Waals surface area contributed by atoms with Crippen LogP contribution in [0.15, 0.2) is 53.4 Å². The second-order valence-corrected chi connectivity index (χ2v) is 9.96. The number of hydrogen-bond donors (Lipinski definition) is 1. The van der Waals surface area contributed by atoms with E-state index in [1.54, 1.807) is 41.3 Å². The molecule has 1 fully saturated rings. The molecule has 0 bridgehead atoms. The van der Waals surface area contributed by atoms with Gasteiger partial charge in [-0.05, 0) is 54.5 Å². The largest absolute Gasteiger partial charge is 0.339 e. The van der Waals surface area contributed by atoms with Gasteiger partial charge < -0.3 is 4.90 Å². The summed E-state index contributed by atoms with van der Waals surface area (Å²) < 4.78 is 28.4. The molecule has 0 spiro atoms. The van der Waals surface area contributed by atoms with E-state index in [1.165, 1.54) is 0 Å². The van der Waals surface area contributed by atoms with Gasteiger partial charge in [0.2, 0.25) is 0 Å². The van der Waals surface area contributed by atoms with E-state index in [9.17, 15) is 13.2 Å². The fourth-order valence-corrected chi connectivity index (χ4v) is 4.44. The molecule has 2 aromatic rings. The zero-order chi connectivity index (χ0) is 20.4. The molecule has 0 aliphatic carbocycles. The third-order valence-corrected chi connectivity index (χ3v) is 6.46. The van der Waals surface area contributed by atoms with Gasteiger partial charge in [-0.25, -0.2) is 8.42 Å². The van der Waals surface area contributed by atoms with Crippen molar-refractivity contribution >= 4 is 21.6 Å². The van der Waals surface area contributed by atoms with Gasteiger partial charge in [0.05, 0.1) is 16.1 Å². The zero-order valence-electron chi connectivity index (χ0n) is 16.7. The number of nitrogens with zero attached hydrogens (tertiary/aromatic N) is 1. The number of nitrogens with one attached hydrogen (secondary N) is 1. The van der Waals surface area contributed by atoms with Crippen molar-refractivity contribution < 1.29 is 13.2 Å². The number of rotatable bonds is 4. The Kier molecular flexibility index (Phi) is 5.79. The average Bonchev–Trinajstić information content (AvgIpc) is 2.68.